The van der Waals surface area contributed by atoms with Gasteiger partial charge in [0.2, 0.25) is 10.4 Å². The number of rotatable bonds is 28. The molecule has 2 fully saturated rings. The first-order chi connectivity index (χ1) is 25.2. The minimum Gasteiger partial charge on any atom is -0.388 e. The van der Waals surface area contributed by atoms with Gasteiger partial charge in [-0.1, -0.05) is 0 Å². The number of aliphatic hydroxyl groups is 2. The Hall–Kier alpha value is -2.97. The molecule has 4 N–H and O–H groups in total. The molecule has 0 unspecified atom stereocenters. The third kappa shape index (κ3) is 13.2. The van der Waals surface area contributed by atoms with E-state index < -0.39 is 40.0 Å². The van der Waals surface area contributed by atoms with Crippen LogP contribution in [0.2, 0.25) is 5.28 Å². The lowest BCUT2D eigenvalue weighted by Crippen LogP contribution is -2.64. The molecule has 0 radical (unpaired) electrons. The molecule has 0 spiro atoms. The summed E-state index contributed by atoms with van der Waals surface area (Å²) in [6.07, 6.45) is -3.27. The highest BCUT2D eigenvalue weighted by atomic mass is 35.5. The molecule has 0 amide bonds. The van der Waals surface area contributed by atoms with E-state index in [2.05, 4.69) is 20.0 Å². The number of hydrogen-bond acceptors (Lipinski definition) is 20. The van der Waals surface area contributed by atoms with Crippen LogP contribution in [0.25, 0.3) is 0 Å². The summed E-state index contributed by atoms with van der Waals surface area (Å²) in [4.78, 5) is 24.6. The molecule has 1 aromatic heterocycles. The van der Waals surface area contributed by atoms with Crippen molar-refractivity contribution in [3.63, 3.8) is 0 Å². The molecule has 21 nitrogen and oxygen atoms in total. The van der Waals surface area contributed by atoms with E-state index in [9.17, 15) is 30.4 Å². The first-order valence-electron chi connectivity index (χ1n) is 16.3. The second-order valence-electron chi connectivity index (χ2n) is 11.2. The van der Waals surface area contributed by atoms with Gasteiger partial charge in [-0.15, -0.1) is 0 Å². The van der Waals surface area contributed by atoms with Gasteiger partial charge in [-0.2, -0.15) is 9.36 Å². The van der Waals surface area contributed by atoms with Gasteiger partial charge in [0.05, 0.1) is 115 Å². The van der Waals surface area contributed by atoms with Crippen molar-refractivity contribution in [2.75, 3.05) is 116 Å². The van der Waals surface area contributed by atoms with E-state index in [0.717, 1.165) is 17.6 Å². The predicted molar refractivity (Wildman–Crippen MR) is 182 cm³/mol. The Labute approximate surface area is 307 Å². The monoisotopic (exact) mass is 782 g/mol. The number of nitro groups is 2. The number of aromatic nitrogens is 2. The van der Waals surface area contributed by atoms with Crippen molar-refractivity contribution in [3.8, 4) is 0 Å². The number of ether oxygens (including phenoxy) is 9. The van der Waals surface area contributed by atoms with Gasteiger partial charge in [-0.05, 0) is 17.7 Å². The Kier molecular flexibility index (Phi) is 17.9. The molecular weight excluding hydrogens is 740 g/mol. The predicted octanol–water partition coefficient (Wildman–Crippen LogP) is 0.864. The van der Waals surface area contributed by atoms with E-state index in [4.69, 9.17) is 54.2 Å². The number of non-ortho nitro benzene ring substituents is 1. The molecule has 2 aromatic rings. The maximum Gasteiger partial charge on any atom is 0.299 e. The van der Waals surface area contributed by atoms with Crippen LogP contribution < -0.4 is 10.6 Å². The van der Waals surface area contributed by atoms with Gasteiger partial charge in [0.25, 0.3) is 11.4 Å². The van der Waals surface area contributed by atoms with Crippen molar-refractivity contribution in [2.24, 2.45) is 0 Å². The molecule has 2 aliphatic rings. The molecule has 2 aliphatic heterocycles. The average molecular weight is 783 g/mol. The second kappa shape index (κ2) is 22.3. The first kappa shape index (κ1) is 41.8. The summed E-state index contributed by atoms with van der Waals surface area (Å²) >= 11 is 6.77. The summed E-state index contributed by atoms with van der Waals surface area (Å²) in [7, 11) is 0. The SMILES string of the molecule is O=[N+]([O-])c1ccc(NCCOCCOCCOCCOCCOCCOCCOC[C@@]23CO[C@@H](O2)[C@H](Nc2nc(Cl)ns2)[C@@H](O)[C@H]3O)c([N+](=O)[O-])c1. The Morgan fingerprint density at radius 1 is 0.865 bits per heavy atom. The highest BCUT2D eigenvalue weighted by Crippen LogP contribution is 2.38. The van der Waals surface area contributed by atoms with Gasteiger partial charge < -0.3 is 63.5 Å². The topological polar surface area (TPSA) is 260 Å². The molecule has 2 bridgehead atoms. The Morgan fingerprint density at radius 3 is 1.94 bits per heavy atom. The fourth-order valence-electron chi connectivity index (χ4n) is 5.00. The molecule has 2 saturated heterocycles. The third-order valence-electron chi connectivity index (χ3n) is 7.59. The summed E-state index contributed by atoms with van der Waals surface area (Å²) < 4.78 is 53.8. The molecule has 4 rings (SSSR count). The minimum atomic E-state index is -1.26. The Balaban J connectivity index is 0.877. The Morgan fingerprint density at radius 2 is 1.42 bits per heavy atom. The van der Waals surface area contributed by atoms with Crippen LogP contribution in [0.3, 0.4) is 0 Å². The zero-order valence-corrected chi connectivity index (χ0v) is 29.7. The van der Waals surface area contributed by atoms with Crippen LogP contribution in [0, 0.1) is 20.2 Å². The van der Waals surface area contributed by atoms with E-state index in [-0.39, 0.29) is 55.3 Å². The highest BCUT2D eigenvalue weighted by molar-refractivity contribution is 7.09. The van der Waals surface area contributed by atoms with Gasteiger partial charge in [0.1, 0.15) is 29.5 Å². The number of nitro benzene ring substituents is 2. The summed E-state index contributed by atoms with van der Waals surface area (Å²) in [5.74, 6) is 0. The van der Waals surface area contributed by atoms with Crippen LogP contribution in [0.1, 0.15) is 0 Å². The van der Waals surface area contributed by atoms with Gasteiger partial charge in [-0.25, -0.2) is 0 Å². The van der Waals surface area contributed by atoms with Crippen molar-refractivity contribution >= 4 is 45.3 Å². The molecule has 52 heavy (non-hydrogen) atoms. The normalized spacial score (nSPS) is 22.4. The summed E-state index contributed by atoms with van der Waals surface area (Å²) in [5, 5.41) is 49.7. The number of halogens is 1. The lowest BCUT2D eigenvalue weighted by Gasteiger charge is -2.42. The summed E-state index contributed by atoms with van der Waals surface area (Å²) in [6, 6.07) is 2.64. The van der Waals surface area contributed by atoms with Crippen LogP contribution in [-0.2, 0) is 42.6 Å². The molecule has 23 heteroatoms. The van der Waals surface area contributed by atoms with Crippen LogP contribution in [0.4, 0.5) is 22.2 Å². The smallest absolute Gasteiger partial charge is 0.299 e. The molecule has 292 valence electrons. The standard InChI is InChI=1S/C29H43ClN6O15S/c30-27-33-28(52-34-27)32-23-24(37)25(38)29(19-50-26(23)51-29)18-49-16-15-48-14-13-47-12-11-46-10-9-45-8-7-44-6-5-43-4-3-31-21-2-1-20(35(39)40)17-22(21)36(41)42/h1-2,17,23-26,31,37-38H,3-16,18-19H2,(H,32,33,34)/t23-,24-,25-,26+,29+/m1/s1. The van der Waals surface area contributed by atoms with Gasteiger partial charge in [0, 0.05) is 24.1 Å². The van der Waals surface area contributed by atoms with Crippen LogP contribution in [0.15, 0.2) is 18.2 Å². The van der Waals surface area contributed by atoms with Gasteiger partial charge in [-0.3, -0.25) is 20.2 Å². The molecule has 0 aliphatic carbocycles. The zero-order chi connectivity index (χ0) is 37.2. The van der Waals surface area contributed by atoms with E-state index in [1.165, 1.54) is 12.1 Å². The lowest BCUT2D eigenvalue weighted by molar-refractivity contribution is -0.393. The first-order valence-corrected chi connectivity index (χ1v) is 17.5. The molecule has 1 aromatic carbocycles. The molecule has 3 heterocycles. The fraction of sp³-hybridized carbons (Fsp3) is 0.724. The third-order valence-corrected chi connectivity index (χ3v) is 8.50. The lowest BCUT2D eigenvalue weighted by atomic mass is 9.88. The van der Waals surface area contributed by atoms with Crippen molar-refractivity contribution < 1.29 is 62.7 Å². The zero-order valence-electron chi connectivity index (χ0n) is 28.1. The van der Waals surface area contributed by atoms with Crippen molar-refractivity contribution in [3.05, 3.63) is 43.7 Å². The Bertz CT molecular complexity index is 1380. The van der Waals surface area contributed by atoms with Crippen LogP contribution in [0.5, 0.6) is 0 Å². The number of benzene rings is 1. The molecule has 5 atom stereocenters. The number of nitrogens with one attached hydrogen (secondary N) is 2. The number of hydrogen-bond donors (Lipinski definition) is 4. The quantitative estimate of drug-likeness (QED) is 0.0530. The van der Waals surface area contributed by atoms with Gasteiger partial charge >= 0.3 is 0 Å². The van der Waals surface area contributed by atoms with Crippen molar-refractivity contribution in [1.82, 2.24) is 9.36 Å². The van der Waals surface area contributed by atoms with Crippen LogP contribution >= 0.6 is 23.1 Å². The highest BCUT2D eigenvalue weighted by Gasteiger charge is 2.59. The maximum absolute atomic E-state index is 11.2. The summed E-state index contributed by atoms with van der Waals surface area (Å²) in [5.41, 5.74) is -1.76. The largest absolute Gasteiger partial charge is 0.388 e. The fourth-order valence-corrected chi connectivity index (χ4v) is 5.76. The van der Waals surface area contributed by atoms with Crippen LogP contribution in [-0.4, -0.2) is 165 Å². The minimum absolute atomic E-state index is 0.00913. The number of fused-ring (bicyclic) bond motifs is 2. The second-order valence-corrected chi connectivity index (χ2v) is 12.3. The average Bonchev–Trinajstić information content (AvgIpc) is 3.74. The maximum atomic E-state index is 11.2. The molecular formula is C29H43ClN6O15S. The van der Waals surface area contributed by atoms with Crippen molar-refractivity contribution in [1.29, 1.82) is 0 Å². The van der Waals surface area contributed by atoms with E-state index in [1.54, 1.807) is 0 Å². The van der Waals surface area contributed by atoms with Crippen molar-refractivity contribution in [2.45, 2.75) is 30.1 Å². The van der Waals surface area contributed by atoms with E-state index >= 15 is 0 Å². The molecule has 0 saturated carbocycles. The van der Waals surface area contributed by atoms with Gasteiger partial charge in [0.15, 0.2) is 6.29 Å². The number of nitrogens with zero attached hydrogens (tertiary/aromatic N) is 4. The van der Waals surface area contributed by atoms with E-state index in [1.807, 2.05) is 0 Å². The number of aliphatic hydroxyl groups excluding tert-OH is 2. The summed E-state index contributed by atoms with van der Waals surface area (Å²) in [6.45, 7) is 4.89. The number of anilines is 2. The van der Waals surface area contributed by atoms with E-state index in [0.29, 0.717) is 77.8 Å².